The Morgan fingerprint density at radius 3 is 2.80 bits per heavy atom. The van der Waals surface area contributed by atoms with Crippen LogP contribution in [0.1, 0.15) is 34.9 Å². The topological polar surface area (TPSA) is 77.0 Å². The van der Waals surface area contributed by atoms with Gasteiger partial charge in [0.15, 0.2) is 5.69 Å². The van der Waals surface area contributed by atoms with Crippen molar-refractivity contribution < 1.29 is 4.79 Å². The maximum Gasteiger partial charge on any atom is 0.277 e. The van der Waals surface area contributed by atoms with E-state index in [1.165, 1.54) is 0 Å². The van der Waals surface area contributed by atoms with E-state index >= 15 is 0 Å². The van der Waals surface area contributed by atoms with Gasteiger partial charge in [0.1, 0.15) is 0 Å². The molecule has 6 nitrogen and oxygen atoms in total. The maximum atomic E-state index is 12.6. The molecule has 1 atom stereocenters. The largest absolute Gasteiger partial charge is 0.396 e. The lowest BCUT2D eigenvalue weighted by molar-refractivity contribution is 0.0730. The number of amides is 1. The molecule has 0 radical (unpaired) electrons. The number of carbonyl (C=O) groups excluding carboxylic acids is 1. The number of hydrogen-bond acceptors (Lipinski definition) is 4. The zero-order chi connectivity index (χ0) is 14.1. The van der Waals surface area contributed by atoms with Gasteiger partial charge in [-0.2, -0.15) is 5.10 Å². The van der Waals surface area contributed by atoms with Gasteiger partial charge in [-0.1, -0.05) is 0 Å². The minimum absolute atomic E-state index is 0.0897. The fourth-order valence-electron chi connectivity index (χ4n) is 2.75. The van der Waals surface area contributed by atoms with Gasteiger partial charge >= 0.3 is 0 Å². The van der Waals surface area contributed by atoms with Gasteiger partial charge in [0.05, 0.1) is 11.7 Å². The molecule has 1 aliphatic rings. The zero-order valence-electron chi connectivity index (χ0n) is 11.4. The van der Waals surface area contributed by atoms with Crippen molar-refractivity contribution in [2.75, 3.05) is 12.3 Å². The summed E-state index contributed by atoms with van der Waals surface area (Å²) in [6.07, 6.45) is 7.12. The molecule has 0 aliphatic carbocycles. The van der Waals surface area contributed by atoms with E-state index < -0.39 is 0 Å². The number of nitrogen functional groups attached to an aromatic ring is 1. The van der Waals surface area contributed by atoms with E-state index in [4.69, 9.17) is 5.73 Å². The van der Waals surface area contributed by atoms with Gasteiger partial charge in [-0.15, -0.1) is 0 Å². The highest BCUT2D eigenvalue weighted by molar-refractivity contribution is 5.97. The predicted octanol–water partition coefficient (Wildman–Crippen LogP) is 1.37. The van der Waals surface area contributed by atoms with Crippen molar-refractivity contribution in [1.29, 1.82) is 0 Å². The first-order valence-electron chi connectivity index (χ1n) is 6.67. The van der Waals surface area contributed by atoms with Crippen LogP contribution in [-0.2, 0) is 7.05 Å². The third-order valence-corrected chi connectivity index (χ3v) is 3.66. The quantitative estimate of drug-likeness (QED) is 0.895. The van der Waals surface area contributed by atoms with Gasteiger partial charge < -0.3 is 10.6 Å². The summed E-state index contributed by atoms with van der Waals surface area (Å²) in [5, 5.41) is 4.17. The lowest BCUT2D eigenvalue weighted by Crippen LogP contribution is -2.31. The number of nitrogens with two attached hydrogens (primary N) is 1. The second-order valence-electron chi connectivity index (χ2n) is 5.04. The van der Waals surface area contributed by atoms with E-state index in [0.717, 1.165) is 24.9 Å². The highest BCUT2D eigenvalue weighted by Crippen LogP contribution is 2.33. The molecule has 3 heterocycles. The van der Waals surface area contributed by atoms with Crippen LogP contribution in [0.5, 0.6) is 0 Å². The number of rotatable bonds is 2. The number of nitrogens with zero attached hydrogens (tertiary/aromatic N) is 4. The summed E-state index contributed by atoms with van der Waals surface area (Å²) in [5.41, 5.74) is 7.73. The Hall–Kier alpha value is -2.37. The van der Waals surface area contributed by atoms with Crippen molar-refractivity contribution in [3.05, 3.63) is 42.0 Å². The molecule has 2 N–H and O–H groups in total. The van der Waals surface area contributed by atoms with E-state index in [2.05, 4.69) is 10.1 Å². The number of pyridine rings is 1. The molecule has 0 aromatic carbocycles. The van der Waals surface area contributed by atoms with Crippen LogP contribution in [0.4, 0.5) is 5.69 Å². The Kier molecular flexibility index (Phi) is 3.14. The van der Waals surface area contributed by atoms with Gasteiger partial charge in [0.25, 0.3) is 5.91 Å². The second-order valence-corrected chi connectivity index (χ2v) is 5.04. The zero-order valence-corrected chi connectivity index (χ0v) is 11.4. The first kappa shape index (κ1) is 12.7. The second kappa shape index (κ2) is 4.96. The van der Waals surface area contributed by atoms with Gasteiger partial charge in [-0.3, -0.25) is 14.5 Å². The normalized spacial score (nSPS) is 18.4. The number of anilines is 1. The Labute approximate surface area is 117 Å². The Morgan fingerprint density at radius 1 is 1.40 bits per heavy atom. The van der Waals surface area contributed by atoms with Crippen LogP contribution in [0, 0.1) is 0 Å². The molecule has 1 aliphatic heterocycles. The Balaban J connectivity index is 1.89. The van der Waals surface area contributed by atoms with Crippen molar-refractivity contribution in [3.63, 3.8) is 0 Å². The van der Waals surface area contributed by atoms with Crippen LogP contribution >= 0.6 is 0 Å². The summed E-state index contributed by atoms with van der Waals surface area (Å²) >= 11 is 0. The first-order chi connectivity index (χ1) is 9.66. The summed E-state index contributed by atoms with van der Waals surface area (Å²) in [7, 11) is 1.76. The van der Waals surface area contributed by atoms with Crippen molar-refractivity contribution in [2.45, 2.75) is 18.9 Å². The molecule has 0 spiro atoms. The summed E-state index contributed by atoms with van der Waals surface area (Å²) < 4.78 is 1.57. The smallest absolute Gasteiger partial charge is 0.277 e. The van der Waals surface area contributed by atoms with Crippen molar-refractivity contribution in [1.82, 2.24) is 19.7 Å². The van der Waals surface area contributed by atoms with Gasteiger partial charge in [-0.05, 0) is 30.5 Å². The highest BCUT2D eigenvalue weighted by atomic mass is 16.2. The molecular formula is C14H17N5O. The number of likely N-dealkylation sites (tertiary alicyclic amines) is 1. The standard InChI is InChI=1S/C14H17N5O/c1-18-9-11(15)13(17-18)14(20)19-8-2-3-12(19)10-4-6-16-7-5-10/h4-7,9,12H,2-3,8,15H2,1H3. The number of carbonyl (C=O) groups is 1. The highest BCUT2D eigenvalue weighted by Gasteiger charge is 2.32. The van der Waals surface area contributed by atoms with Crippen LogP contribution in [0.3, 0.4) is 0 Å². The number of hydrogen-bond donors (Lipinski definition) is 1. The van der Waals surface area contributed by atoms with E-state index in [9.17, 15) is 4.79 Å². The Morgan fingerprint density at radius 2 is 2.15 bits per heavy atom. The molecule has 2 aromatic heterocycles. The molecular weight excluding hydrogens is 254 g/mol. The van der Waals surface area contributed by atoms with E-state index in [1.807, 2.05) is 17.0 Å². The van der Waals surface area contributed by atoms with E-state index in [1.54, 1.807) is 30.3 Å². The van der Waals surface area contributed by atoms with Crippen molar-refractivity contribution in [2.24, 2.45) is 7.05 Å². The average molecular weight is 271 g/mol. The van der Waals surface area contributed by atoms with Gasteiger partial charge in [-0.25, -0.2) is 0 Å². The van der Waals surface area contributed by atoms with Crippen LogP contribution in [0.2, 0.25) is 0 Å². The van der Waals surface area contributed by atoms with Crippen molar-refractivity contribution in [3.8, 4) is 0 Å². The maximum absolute atomic E-state index is 12.6. The molecule has 0 bridgehead atoms. The minimum atomic E-state index is -0.0950. The molecule has 0 saturated carbocycles. The summed E-state index contributed by atoms with van der Waals surface area (Å²) in [5.74, 6) is -0.0950. The molecule has 3 rings (SSSR count). The van der Waals surface area contributed by atoms with Crippen LogP contribution in [-0.4, -0.2) is 32.1 Å². The van der Waals surface area contributed by atoms with Crippen LogP contribution in [0.15, 0.2) is 30.7 Å². The monoisotopic (exact) mass is 271 g/mol. The van der Waals surface area contributed by atoms with Crippen molar-refractivity contribution >= 4 is 11.6 Å². The van der Waals surface area contributed by atoms with E-state index in [-0.39, 0.29) is 11.9 Å². The fourth-order valence-corrected chi connectivity index (χ4v) is 2.75. The lowest BCUT2D eigenvalue weighted by Gasteiger charge is -2.24. The average Bonchev–Trinajstić information content (AvgIpc) is 3.05. The molecule has 104 valence electrons. The number of aromatic nitrogens is 3. The minimum Gasteiger partial charge on any atom is -0.396 e. The summed E-state index contributed by atoms with van der Waals surface area (Å²) in [6.45, 7) is 0.738. The number of aryl methyl sites for hydroxylation is 1. The van der Waals surface area contributed by atoms with Gasteiger partial charge in [0.2, 0.25) is 0 Å². The molecule has 1 fully saturated rings. The fraction of sp³-hybridized carbons (Fsp3) is 0.357. The molecule has 1 saturated heterocycles. The third-order valence-electron chi connectivity index (χ3n) is 3.66. The first-order valence-corrected chi connectivity index (χ1v) is 6.67. The molecule has 1 amide bonds. The molecule has 6 heteroatoms. The SMILES string of the molecule is Cn1cc(N)c(C(=O)N2CCCC2c2ccncc2)n1. The van der Waals surface area contributed by atoms with Gasteiger partial charge in [0, 0.05) is 32.2 Å². The lowest BCUT2D eigenvalue weighted by atomic mass is 10.1. The molecule has 1 unspecified atom stereocenters. The Bertz CT molecular complexity index is 622. The van der Waals surface area contributed by atoms with Crippen LogP contribution in [0.25, 0.3) is 0 Å². The summed E-state index contributed by atoms with van der Waals surface area (Å²) in [4.78, 5) is 18.5. The molecule has 2 aromatic rings. The van der Waals surface area contributed by atoms with Crippen LogP contribution < -0.4 is 5.73 Å². The summed E-state index contributed by atoms with van der Waals surface area (Å²) in [6, 6.07) is 4.00. The third kappa shape index (κ3) is 2.13. The molecule has 20 heavy (non-hydrogen) atoms. The predicted molar refractivity (Wildman–Crippen MR) is 74.9 cm³/mol. The van der Waals surface area contributed by atoms with E-state index in [0.29, 0.717) is 11.4 Å².